The molecule has 14 rings (SSSR count). The molecule has 11 aromatic carbocycles. The van der Waals surface area contributed by atoms with Gasteiger partial charge in [-0.2, -0.15) is 0 Å². The molecular formula is C67H44N6. The summed E-state index contributed by atoms with van der Waals surface area (Å²) < 4.78 is 4.55. The van der Waals surface area contributed by atoms with Crippen LogP contribution in [-0.2, 0) is 0 Å². The van der Waals surface area contributed by atoms with E-state index in [1.165, 1.54) is 33.3 Å². The lowest BCUT2D eigenvalue weighted by molar-refractivity contribution is 1.01. The van der Waals surface area contributed by atoms with Gasteiger partial charge in [-0.15, -0.1) is 0 Å². The Kier molecular flexibility index (Phi) is 9.89. The summed E-state index contributed by atoms with van der Waals surface area (Å²) in [6.45, 7) is 0. The normalized spacial score (nSPS) is 11.6. The van der Waals surface area contributed by atoms with Crippen LogP contribution in [0.1, 0.15) is 5.56 Å². The van der Waals surface area contributed by atoms with E-state index in [1.54, 1.807) is 0 Å². The van der Waals surface area contributed by atoms with Gasteiger partial charge in [0.2, 0.25) is 5.95 Å². The molecular weight excluding hydrogens is 889 g/mol. The lowest BCUT2D eigenvalue weighted by Gasteiger charge is -2.15. The van der Waals surface area contributed by atoms with Crippen molar-refractivity contribution in [1.82, 2.24) is 19.1 Å². The Balaban J connectivity index is 0.990. The van der Waals surface area contributed by atoms with E-state index in [9.17, 15) is 5.41 Å². The molecule has 6 nitrogen and oxygen atoms in total. The molecule has 2 N–H and O–H groups in total. The summed E-state index contributed by atoms with van der Waals surface area (Å²) in [6, 6.07) is 87.8. The van der Waals surface area contributed by atoms with Crippen LogP contribution in [0, 0.1) is 5.41 Å². The van der Waals surface area contributed by atoms with Crippen LogP contribution < -0.4 is 5.32 Å². The second kappa shape index (κ2) is 17.2. The number of anilines is 2. The van der Waals surface area contributed by atoms with Crippen LogP contribution in [0.5, 0.6) is 0 Å². The fraction of sp³-hybridized carbons (Fsp3) is 0. The molecule has 0 unspecified atom stereocenters. The predicted molar refractivity (Wildman–Crippen MR) is 305 cm³/mol. The van der Waals surface area contributed by atoms with Crippen LogP contribution in [0.2, 0.25) is 0 Å². The van der Waals surface area contributed by atoms with Gasteiger partial charge >= 0.3 is 0 Å². The van der Waals surface area contributed by atoms with E-state index in [-0.39, 0.29) is 0 Å². The third-order valence-corrected chi connectivity index (χ3v) is 14.5. The molecule has 0 spiro atoms. The summed E-state index contributed by atoms with van der Waals surface area (Å²) in [4.78, 5) is 11.0. The Morgan fingerprint density at radius 2 is 1.00 bits per heavy atom. The first-order valence-corrected chi connectivity index (χ1v) is 24.6. The summed E-state index contributed by atoms with van der Waals surface area (Å²) in [5.41, 5.74) is 17.1. The average Bonchev–Trinajstić information content (AvgIpc) is 3.98. The Labute approximate surface area is 421 Å². The van der Waals surface area contributed by atoms with Crippen molar-refractivity contribution in [1.29, 1.82) is 5.41 Å². The van der Waals surface area contributed by atoms with Crippen LogP contribution in [0.25, 0.3) is 122 Å². The van der Waals surface area contributed by atoms with E-state index < -0.39 is 0 Å². The Morgan fingerprint density at radius 3 is 1.82 bits per heavy atom. The maximum atomic E-state index is 9.21. The first-order chi connectivity index (χ1) is 36.2. The maximum absolute atomic E-state index is 9.21. The average molecular weight is 933 g/mol. The topological polar surface area (TPSA) is 71.5 Å². The molecule has 0 saturated carbocycles. The minimum atomic E-state index is 0.524. The zero-order valence-corrected chi connectivity index (χ0v) is 39.5. The van der Waals surface area contributed by atoms with Crippen molar-refractivity contribution in [3.63, 3.8) is 0 Å². The summed E-state index contributed by atoms with van der Waals surface area (Å²) in [5.74, 6) is 0.524. The molecule has 0 bridgehead atoms. The second-order valence-corrected chi connectivity index (χ2v) is 18.6. The fourth-order valence-electron chi connectivity index (χ4n) is 11.1. The lowest BCUT2D eigenvalue weighted by Crippen LogP contribution is -2.06. The number of aromatic nitrogens is 4. The highest BCUT2D eigenvalue weighted by molar-refractivity contribution is 6.21. The number of para-hydroxylation sites is 3. The largest absolute Gasteiger partial charge is 0.355 e. The second-order valence-electron chi connectivity index (χ2n) is 18.6. The summed E-state index contributed by atoms with van der Waals surface area (Å²) in [7, 11) is 0. The monoisotopic (exact) mass is 932 g/mol. The van der Waals surface area contributed by atoms with Gasteiger partial charge in [0.1, 0.15) is 0 Å². The minimum Gasteiger partial charge on any atom is -0.355 e. The van der Waals surface area contributed by atoms with E-state index in [4.69, 9.17) is 9.97 Å². The smallest absolute Gasteiger partial charge is 0.235 e. The molecule has 0 aliphatic heterocycles. The van der Waals surface area contributed by atoms with Crippen LogP contribution in [0.15, 0.2) is 249 Å². The van der Waals surface area contributed by atoms with Crippen LogP contribution in [0.3, 0.4) is 0 Å². The van der Waals surface area contributed by atoms with Gasteiger partial charge in [-0.1, -0.05) is 194 Å². The number of nitrogens with one attached hydrogen (secondary N) is 2. The molecule has 3 heterocycles. The van der Waals surface area contributed by atoms with Crippen molar-refractivity contribution in [3.8, 4) is 56.3 Å². The summed E-state index contributed by atoms with van der Waals surface area (Å²) in [6.07, 6.45) is 1.47. The van der Waals surface area contributed by atoms with Crippen molar-refractivity contribution >= 4 is 82.9 Å². The number of nitrogens with zero attached hydrogens (tertiary/aromatic N) is 4. The van der Waals surface area contributed by atoms with E-state index in [0.29, 0.717) is 5.95 Å². The van der Waals surface area contributed by atoms with Gasteiger partial charge in [0.05, 0.1) is 33.3 Å². The molecule has 14 aromatic rings. The fourth-order valence-corrected chi connectivity index (χ4v) is 11.1. The molecule has 342 valence electrons. The Hall–Kier alpha value is -9.91. The van der Waals surface area contributed by atoms with Crippen molar-refractivity contribution in [2.24, 2.45) is 0 Å². The lowest BCUT2D eigenvalue weighted by atomic mass is 9.96. The Bertz CT molecular complexity index is 4450. The van der Waals surface area contributed by atoms with Crippen molar-refractivity contribution in [3.05, 3.63) is 254 Å². The Morgan fingerprint density at radius 1 is 0.397 bits per heavy atom. The first kappa shape index (κ1) is 42.0. The zero-order valence-electron chi connectivity index (χ0n) is 39.5. The molecule has 0 fully saturated rings. The van der Waals surface area contributed by atoms with Gasteiger partial charge < -0.3 is 15.3 Å². The number of benzene rings is 11. The summed E-state index contributed by atoms with van der Waals surface area (Å²) in [5, 5.41) is 20.8. The van der Waals surface area contributed by atoms with Gasteiger partial charge in [0.15, 0.2) is 0 Å². The minimum absolute atomic E-state index is 0.524. The van der Waals surface area contributed by atoms with Crippen LogP contribution in [0.4, 0.5) is 11.4 Å². The standard InChI is InChI=1S/C67H44N6/c68-42-58-60(69-49-36-33-44(34-37-49)43-15-3-1-4-16-43)40-39-57-64-53(48-35-38-55-54-22-10-12-27-61(54)72(63(55)41-48)50-19-5-2-6-20-50)25-14-28-62(64)73(66(57)58)67-70-59-26-11-9-23-56(59)65(71-67)47-31-29-46(30-32-47)52-24-13-18-45-17-7-8-21-51(45)52/h1-42,68-69H. The SMILES string of the molecule is N=Cc1c(Nc2ccc(-c3ccccc3)cc2)ccc2c3c(-c4ccc5c6ccccc6n(-c6ccccc6)c5c4)cccc3n(-c3nc(-c4ccc(-c5cccc6ccccc56)cc4)c4ccccc4n3)c12. The molecule has 0 aliphatic carbocycles. The van der Waals surface area contributed by atoms with Crippen molar-refractivity contribution in [2.45, 2.75) is 0 Å². The molecule has 73 heavy (non-hydrogen) atoms. The number of fused-ring (bicyclic) bond motifs is 8. The highest BCUT2D eigenvalue weighted by Crippen LogP contribution is 2.44. The highest BCUT2D eigenvalue weighted by atomic mass is 15.2. The van der Waals surface area contributed by atoms with Crippen LogP contribution >= 0.6 is 0 Å². The van der Waals surface area contributed by atoms with E-state index in [2.05, 4.69) is 251 Å². The first-order valence-electron chi connectivity index (χ1n) is 24.6. The van der Waals surface area contributed by atoms with Gasteiger partial charge in [0, 0.05) is 61.3 Å². The number of rotatable bonds is 9. The third kappa shape index (κ3) is 6.99. The van der Waals surface area contributed by atoms with Crippen molar-refractivity contribution in [2.75, 3.05) is 5.32 Å². The quantitative estimate of drug-likeness (QED) is 0.142. The van der Waals surface area contributed by atoms with E-state index in [1.807, 2.05) is 12.1 Å². The molecule has 3 aromatic heterocycles. The molecule has 0 saturated heterocycles. The van der Waals surface area contributed by atoms with Crippen molar-refractivity contribution < 1.29 is 0 Å². The van der Waals surface area contributed by atoms with Gasteiger partial charge in [-0.25, -0.2) is 9.97 Å². The van der Waals surface area contributed by atoms with Gasteiger partial charge in [0.25, 0.3) is 0 Å². The van der Waals surface area contributed by atoms with E-state index in [0.717, 1.165) is 105 Å². The maximum Gasteiger partial charge on any atom is 0.235 e. The molecule has 6 heteroatoms. The summed E-state index contributed by atoms with van der Waals surface area (Å²) >= 11 is 0. The van der Waals surface area contributed by atoms with Gasteiger partial charge in [-0.05, 0) is 98.8 Å². The molecule has 0 aliphatic rings. The van der Waals surface area contributed by atoms with Gasteiger partial charge in [-0.3, -0.25) is 4.57 Å². The third-order valence-electron chi connectivity index (χ3n) is 14.5. The zero-order chi connectivity index (χ0) is 48.4. The molecule has 0 atom stereocenters. The molecule has 0 radical (unpaired) electrons. The number of hydrogen-bond acceptors (Lipinski definition) is 4. The van der Waals surface area contributed by atoms with E-state index >= 15 is 0 Å². The number of hydrogen-bond donors (Lipinski definition) is 2. The molecule has 0 amide bonds. The highest BCUT2D eigenvalue weighted by Gasteiger charge is 2.24. The predicted octanol–water partition coefficient (Wildman–Crippen LogP) is 17.4. The van der Waals surface area contributed by atoms with Crippen LogP contribution in [-0.4, -0.2) is 25.3 Å².